The number of thiophene rings is 1. The molecule has 1 aliphatic carbocycles. The molecule has 0 aliphatic heterocycles. The molecule has 1 aliphatic rings. The van der Waals surface area contributed by atoms with Crippen molar-refractivity contribution in [3.8, 4) is 0 Å². The van der Waals surface area contributed by atoms with Gasteiger partial charge in [-0.1, -0.05) is 6.92 Å². The fraction of sp³-hybridized carbons (Fsp3) is 0.538. The van der Waals surface area contributed by atoms with Gasteiger partial charge >= 0.3 is 5.97 Å². The lowest BCUT2D eigenvalue weighted by Crippen LogP contribution is -2.30. The second-order valence-corrected chi connectivity index (χ2v) is 5.99. The minimum atomic E-state index is -0.879. The predicted molar refractivity (Wildman–Crippen MR) is 69.6 cm³/mol. The van der Waals surface area contributed by atoms with Gasteiger partial charge in [0.25, 0.3) is 5.91 Å². The lowest BCUT2D eigenvalue weighted by Gasteiger charge is -2.16. The number of primary amides is 1. The number of hydrogen-bond acceptors (Lipinski definition) is 4. The van der Waals surface area contributed by atoms with Gasteiger partial charge in [0, 0.05) is 4.88 Å². The normalized spacial score (nSPS) is 20.0. The largest absolute Gasteiger partial charge is 0.448 e. The van der Waals surface area contributed by atoms with Gasteiger partial charge in [0.05, 0.1) is 0 Å². The van der Waals surface area contributed by atoms with Crippen LogP contribution in [0.25, 0.3) is 0 Å². The summed E-state index contributed by atoms with van der Waals surface area (Å²) >= 11 is 1.47. The van der Waals surface area contributed by atoms with Crippen molar-refractivity contribution in [1.29, 1.82) is 0 Å². The molecule has 0 radical (unpaired) electrons. The van der Waals surface area contributed by atoms with Crippen LogP contribution in [0.2, 0.25) is 0 Å². The molecule has 18 heavy (non-hydrogen) atoms. The van der Waals surface area contributed by atoms with Crippen molar-refractivity contribution in [2.24, 2.45) is 11.7 Å². The van der Waals surface area contributed by atoms with Crippen LogP contribution in [0.4, 0.5) is 0 Å². The Kier molecular flexibility index (Phi) is 3.71. The molecular formula is C13H17NO3S. The number of nitrogens with two attached hydrogens (primary N) is 1. The molecule has 4 nitrogen and oxygen atoms in total. The van der Waals surface area contributed by atoms with Crippen LogP contribution in [-0.4, -0.2) is 18.0 Å². The van der Waals surface area contributed by atoms with Crippen molar-refractivity contribution in [3.05, 3.63) is 21.4 Å². The Morgan fingerprint density at radius 2 is 2.28 bits per heavy atom. The molecule has 1 aromatic rings. The Morgan fingerprint density at radius 3 is 2.94 bits per heavy atom. The highest BCUT2D eigenvalue weighted by atomic mass is 32.1. The molecule has 98 valence electrons. The molecule has 0 unspecified atom stereocenters. The number of ether oxygens (including phenoxy) is 1. The number of amides is 1. The Bertz CT molecular complexity index is 481. The van der Waals surface area contributed by atoms with Crippen molar-refractivity contribution >= 4 is 23.2 Å². The first-order valence-corrected chi connectivity index (χ1v) is 6.91. The van der Waals surface area contributed by atoms with Crippen LogP contribution < -0.4 is 5.73 Å². The summed E-state index contributed by atoms with van der Waals surface area (Å²) in [5, 5.41) is 0. The van der Waals surface area contributed by atoms with E-state index in [1.807, 2.05) is 6.07 Å². The van der Waals surface area contributed by atoms with Crippen LogP contribution in [0.5, 0.6) is 0 Å². The topological polar surface area (TPSA) is 69.4 Å². The molecule has 2 rings (SSSR count). The Hall–Kier alpha value is -1.36. The number of fused-ring (bicyclic) bond motifs is 1. The summed E-state index contributed by atoms with van der Waals surface area (Å²) in [6.07, 6.45) is 2.33. The third kappa shape index (κ3) is 2.72. The van der Waals surface area contributed by atoms with E-state index < -0.39 is 18.0 Å². The Labute approximate surface area is 110 Å². The highest BCUT2D eigenvalue weighted by Crippen LogP contribution is 2.32. The van der Waals surface area contributed by atoms with Gasteiger partial charge in [-0.15, -0.1) is 11.3 Å². The van der Waals surface area contributed by atoms with Gasteiger partial charge in [-0.25, -0.2) is 4.79 Å². The van der Waals surface area contributed by atoms with Crippen LogP contribution in [0.3, 0.4) is 0 Å². The summed E-state index contributed by atoms with van der Waals surface area (Å²) in [6.45, 7) is 3.70. The van der Waals surface area contributed by atoms with Gasteiger partial charge < -0.3 is 10.5 Å². The predicted octanol–water partition coefficient (Wildman–Crippen LogP) is 1.90. The summed E-state index contributed by atoms with van der Waals surface area (Å²) in [4.78, 5) is 24.5. The molecule has 0 aromatic carbocycles. The van der Waals surface area contributed by atoms with Crippen LogP contribution in [0, 0.1) is 5.92 Å². The molecule has 2 N–H and O–H groups in total. The molecule has 0 fully saturated rings. The molecule has 1 aromatic heterocycles. The first-order chi connectivity index (χ1) is 8.47. The smallest absolute Gasteiger partial charge is 0.349 e. The molecule has 0 saturated heterocycles. The average Bonchev–Trinajstić information content (AvgIpc) is 2.71. The Morgan fingerprint density at radius 1 is 1.56 bits per heavy atom. The molecule has 0 spiro atoms. The maximum absolute atomic E-state index is 11.8. The third-order valence-electron chi connectivity index (χ3n) is 3.21. The second kappa shape index (κ2) is 5.10. The van der Waals surface area contributed by atoms with E-state index >= 15 is 0 Å². The monoisotopic (exact) mass is 267 g/mol. The summed E-state index contributed by atoms with van der Waals surface area (Å²) in [5.74, 6) is -0.410. The lowest BCUT2D eigenvalue weighted by atomic mass is 9.90. The van der Waals surface area contributed by atoms with Gasteiger partial charge in [-0.3, -0.25) is 4.79 Å². The van der Waals surface area contributed by atoms with Gasteiger partial charge in [0.1, 0.15) is 4.88 Å². The van der Waals surface area contributed by atoms with E-state index in [4.69, 9.17) is 10.5 Å². The minimum Gasteiger partial charge on any atom is -0.448 e. The summed E-state index contributed by atoms with van der Waals surface area (Å²) < 4.78 is 5.00. The lowest BCUT2D eigenvalue weighted by molar-refractivity contribution is -0.125. The minimum absolute atomic E-state index is 0.451. The molecule has 1 heterocycles. The van der Waals surface area contributed by atoms with Crippen molar-refractivity contribution in [3.63, 3.8) is 0 Å². The zero-order valence-electron chi connectivity index (χ0n) is 10.6. The number of carbonyl (C=O) groups excluding carboxylic acids is 2. The standard InChI is InChI=1S/C13H17NO3S/c1-7-3-4-10-9(5-7)6-11(18-10)13(16)17-8(2)12(14)15/h6-8H,3-5H2,1-2H3,(H2,14,15)/t7-,8+/m0/s1. The highest BCUT2D eigenvalue weighted by Gasteiger charge is 2.23. The number of carbonyl (C=O) groups is 2. The summed E-state index contributed by atoms with van der Waals surface area (Å²) in [6, 6.07) is 1.89. The molecule has 2 atom stereocenters. The van der Waals surface area contributed by atoms with Crippen LogP contribution in [-0.2, 0) is 22.4 Å². The zero-order valence-corrected chi connectivity index (χ0v) is 11.4. The number of rotatable bonds is 3. The van der Waals surface area contributed by atoms with Crippen molar-refractivity contribution < 1.29 is 14.3 Å². The van der Waals surface area contributed by atoms with Gasteiger partial charge in [-0.05, 0) is 43.7 Å². The molecule has 0 bridgehead atoms. The second-order valence-electron chi connectivity index (χ2n) is 4.86. The van der Waals surface area contributed by atoms with E-state index in [-0.39, 0.29) is 0 Å². The maximum atomic E-state index is 11.8. The van der Waals surface area contributed by atoms with E-state index in [1.165, 1.54) is 35.1 Å². The summed E-state index contributed by atoms with van der Waals surface area (Å²) in [7, 11) is 0. The Balaban J connectivity index is 2.10. The van der Waals surface area contributed by atoms with Gasteiger partial charge in [-0.2, -0.15) is 0 Å². The van der Waals surface area contributed by atoms with Crippen LogP contribution in [0.1, 0.15) is 40.4 Å². The summed E-state index contributed by atoms with van der Waals surface area (Å²) in [5.41, 5.74) is 6.31. The molecular weight excluding hydrogens is 250 g/mol. The van der Waals surface area contributed by atoms with E-state index in [1.54, 1.807) is 0 Å². The fourth-order valence-electron chi connectivity index (χ4n) is 2.08. The van der Waals surface area contributed by atoms with E-state index in [9.17, 15) is 9.59 Å². The van der Waals surface area contributed by atoms with Crippen molar-refractivity contribution in [2.75, 3.05) is 0 Å². The van der Waals surface area contributed by atoms with Crippen molar-refractivity contribution in [2.45, 2.75) is 39.2 Å². The third-order valence-corrected chi connectivity index (χ3v) is 4.43. The molecule has 1 amide bonds. The average molecular weight is 267 g/mol. The first-order valence-electron chi connectivity index (χ1n) is 6.09. The van der Waals surface area contributed by atoms with Crippen LogP contribution >= 0.6 is 11.3 Å². The number of esters is 1. The number of hydrogen-bond donors (Lipinski definition) is 1. The van der Waals surface area contributed by atoms with Gasteiger partial charge in [0.2, 0.25) is 0 Å². The van der Waals surface area contributed by atoms with Crippen LogP contribution in [0.15, 0.2) is 6.07 Å². The van der Waals surface area contributed by atoms with Crippen molar-refractivity contribution in [1.82, 2.24) is 0 Å². The van der Waals surface area contributed by atoms with E-state index in [0.717, 1.165) is 12.8 Å². The van der Waals surface area contributed by atoms with E-state index in [2.05, 4.69) is 6.92 Å². The molecule has 0 saturated carbocycles. The zero-order chi connectivity index (χ0) is 13.3. The highest BCUT2D eigenvalue weighted by molar-refractivity contribution is 7.14. The van der Waals surface area contributed by atoms with E-state index in [0.29, 0.717) is 10.8 Å². The first kappa shape index (κ1) is 13.1. The fourth-order valence-corrected chi connectivity index (χ4v) is 3.17. The maximum Gasteiger partial charge on any atom is 0.349 e. The van der Waals surface area contributed by atoms with Gasteiger partial charge in [0.15, 0.2) is 6.10 Å². The molecule has 5 heteroatoms. The SMILES string of the molecule is C[C@H]1CCc2sc(C(=O)O[C@H](C)C(N)=O)cc2C1. The number of aryl methyl sites for hydroxylation is 1. The quantitative estimate of drug-likeness (QED) is 0.850.